The van der Waals surface area contributed by atoms with Crippen LogP contribution in [-0.2, 0) is 0 Å². The number of pyridine rings is 1. The highest BCUT2D eigenvalue weighted by Gasteiger charge is 1.99. The average Bonchev–Trinajstić information content (AvgIpc) is 2.39. The van der Waals surface area contributed by atoms with Crippen molar-refractivity contribution in [2.75, 3.05) is 7.11 Å². The molecule has 0 radical (unpaired) electrons. The van der Waals surface area contributed by atoms with Crippen LogP contribution in [-0.4, -0.2) is 11.7 Å². The van der Waals surface area contributed by atoms with Crippen molar-refractivity contribution in [2.45, 2.75) is 0 Å². The maximum atomic E-state index is 11.8. The first-order chi connectivity index (χ1) is 8.31. The molecule has 0 fully saturated rings. The Hall–Kier alpha value is -2.29. The second-order valence-electron chi connectivity index (χ2n) is 3.52. The Bertz CT molecular complexity index is 570. The number of hydrogen-bond donors (Lipinski definition) is 0. The van der Waals surface area contributed by atoms with Gasteiger partial charge in [-0.15, -0.1) is 0 Å². The van der Waals surface area contributed by atoms with Gasteiger partial charge in [-0.3, -0.25) is 9.36 Å². The van der Waals surface area contributed by atoms with Crippen LogP contribution in [0.4, 0.5) is 0 Å². The normalized spacial score (nSPS) is 10.6. The lowest BCUT2D eigenvalue weighted by Gasteiger charge is -2.01. The minimum atomic E-state index is -0.165. The molecule has 0 saturated carbocycles. The van der Waals surface area contributed by atoms with E-state index >= 15 is 0 Å². The first-order valence-electron chi connectivity index (χ1n) is 5.29. The molecule has 86 valence electrons. The molecule has 0 atom stereocenters. The first kappa shape index (κ1) is 11.2. The largest absolute Gasteiger partial charge is 0.491 e. The highest BCUT2D eigenvalue weighted by atomic mass is 16.5. The predicted molar refractivity (Wildman–Crippen MR) is 68.9 cm³/mol. The Labute approximate surface area is 99.6 Å². The summed E-state index contributed by atoms with van der Waals surface area (Å²) in [5, 5.41) is 0. The highest BCUT2D eigenvalue weighted by Crippen LogP contribution is 2.04. The topological polar surface area (TPSA) is 31.2 Å². The molecule has 2 rings (SSSR count). The fourth-order valence-corrected chi connectivity index (χ4v) is 1.49. The van der Waals surface area contributed by atoms with E-state index in [1.54, 1.807) is 24.5 Å². The molecule has 0 aliphatic heterocycles. The fraction of sp³-hybridized carbons (Fsp3) is 0.0714. The van der Waals surface area contributed by atoms with Crippen molar-refractivity contribution in [3.63, 3.8) is 0 Å². The van der Waals surface area contributed by atoms with Crippen molar-refractivity contribution in [1.82, 2.24) is 4.57 Å². The molecule has 0 saturated heterocycles. The van der Waals surface area contributed by atoms with E-state index in [1.807, 2.05) is 36.4 Å². The maximum absolute atomic E-state index is 11.8. The zero-order valence-corrected chi connectivity index (χ0v) is 9.54. The molecule has 1 heterocycles. The van der Waals surface area contributed by atoms with Gasteiger partial charge in [0, 0.05) is 12.4 Å². The third-order valence-electron chi connectivity index (χ3n) is 2.39. The molecule has 3 heteroatoms. The zero-order valence-electron chi connectivity index (χ0n) is 9.54. The summed E-state index contributed by atoms with van der Waals surface area (Å²) in [6.07, 6.45) is 5.30. The second kappa shape index (κ2) is 5.16. The van der Waals surface area contributed by atoms with Crippen LogP contribution in [0.15, 0.2) is 53.5 Å². The molecule has 0 aliphatic carbocycles. The van der Waals surface area contributed by atoms with Crippen LogP contribution in [0.5, 0.6) is 5.75 Å². The molecule has 17 heavy (non-hydrogen) atoms. The van der Waals surface area contributed by atoms with Crippen molar-refractivity contribution >= 4 is 12.3 Å². The molecule has 0 spiro atoms. The van der Waals surface area contributed by atoms with Gasteiger partial charge in [0.25, 0.3) is 5.56 Å². The Morgan fingerprint density at radius 2 is 1.88 bits per heavy atom. The first-order valence-corrected chi connectivity index (χ1v) is 5.29. The van der Waals surface area contributed by atoms with E-state index < -0.39 is 0 Å². The van der Waals surface area contributed by atoms with Crippen molar-refractivity contribution in [3.8, 4) is 5.75 Å². The molecule has 0 bridgehead atoms. The molecular weight excluding hydrogens is 214 g/mol. The summed E-state index contributed by atoms with van der Waals surface area (Å²) in [5.41, 5.74) is 0.879. The minimum Gasteiger partial charge on any atom is -0.491 e. The quantitative estimate of drug-likeness (QED) is 0.806. The van der Waals surface area contributed by atoms with Gasteiger partial charge in [0.15, 0.2) is 5.75 Å². The number of ether oxygens (including phenoxy) is 1. The molecule has 0 N–H and O–H groups in total. The number of aromatic nitrogens is 1. The van der Waals surface area contributed by atoms with Crippen LogP contribution in [0.1, 0.15) is 5.56 Å². The molecule has 2 aromatic rings. The molecule has 1 aromatic carbocycles. The van der Waals surface area contributed by atoms with E-state index in [-0.39, 0.29) is 5.56 Å². The second-order valence-corrected chi connectivity index (χ2v) is 3.52. The van der Waals surface area contributed by atoms with Crippen LogP contribution in [0.2, 0.25) is 0 Å². The summed E-state index contributed by atoms with van der Waals surface area (Å²) in [6.45, 7) is 0. The van der Waals surface area contributed by atoms with Gasteiger partial charge in [0.1, 0.15) is 0 Å². The van der Waals surface area contributed by atoms with E-state index in [0.29, 0.717) is 5.75 Å². The third-order valence-corrected chi connectivity index (χ3v) is 2.39. The Kier molecular flexibility index (Phi) is 3.40. The van der Waals surface area contributed by atoms with Gasteiger partial charge in [-0.05, 0) is 23.8 Å². The third kappa shape index (κ3) is 2.64. The molecule has 1 aromatic heterocycles. The number of benzene rings is 1. The predicted octanol–water partition coefficient (Wildman–Crippen LogP) is 2.48. The van der Waals surface area contributed by atoms with E-state index in [9.17, 15) is 4.79 Å². The van der Waals surface area contributed by atoms with Gasteiger partial charge in [0.05, 0.1) is 7.11 Å². The number of nitrogens with zero attached hydrogens (tertiary/aromatic N) is 1. The van der Waals surface area contributed by atoms with Crippen molar-refractivity contribution in [3.05, 3.63) is 64.6 Å². The lowest BCUT2D eigenvalue weighted by atomic mass is 10.2. The van der Waals surface area contributed by atoms with Gasteiger partial charge in [-0.1, -0.05) is 30.3 Å². The SMILES string of the molecule is COc1cccn(/C=C\c2ccccc2)c1=O. The maximum Gasteiger partial charge on any atom is 0.296 e. The van der Waals surface area contributed by atoms with Crippen LogP contribution in [0.3, 0.4) is 0 Å². The summed E-state index contributed by atoms with van der Waals surface area (Å²) < 4.78 is 6.46. The Morgan fingerprint density at radius 3 is 2.59 bits per heavy atom. The smallest absolute Gasteiger partial charge is 0.296 e. The number of rotatable bonds is 3. The van der Waals surface area contributed by atoms with Crippen LogP contribution in [0.25, 0.3) is 12.3 Å². The van der Waals surface area contributed by atoms with Crippen molar-refractivity contribution in [2.24, 2.45) is 0 Å². The molecule has 0 amide bonds. The lowest BCUT2D eigenvalue weighted by Crippen LogP contribution is -2.15. The summed E-state index contributed by atoms with van der Waals surface area (Å²) >= 11 is 0. The van der Waals surface area contributed by atoms with Crippen LogP contribution in [0, 0.1) is 0 Å². The van der Waals surface area contributed by atoms with Crippen LogP contribution >= 0.6 is 0 Å². The van der Waals surface area contributed by atoms with Crippen molar-refractivity contribution in [1.29, 1.82) is 0 Å². The standard InChI is InChI=1S/C14H13NO2/c1-17-13-8-5-10-15(14(13)16)11-9-12-6-3-2-4-7-12/h2-11H,1H3/b11-9-. The summed E-state index contributed by atoms with van der Waals surface area (Å²) in [7, 11) is 1.49. The molecular formula is C14H13NO2. The summed E-state index contributed by atoms with van der Waals surface area (Å²) in [6, 6.07) is 13.2. The fourth-order valence-electron chi connectivity index (χ4n) is 1.49. The van der Waals surface area contributed by atoms with Gasteiger partial charge >= 0.3 is 0 Å². The number of methoxy groups -OCH3 is 1. The van der Waals surface area contributed by atoms with Gasteiger partial charge in [-0.25, -0.2) is 0 Å². The van der Waals surface area contributed by atoms with E-state index in [4.69, 9.17) is 4.74 Å². The van der Waals surface area contributed by atoms with Gasteiger partial charge in [0.2, 0.25) is 0 Å². The lowest BCUT2D eigenvalue weighted by molar-refractivity contribution is 0.407. The summed E-state index contributed by atoms with van der Waals surface area (Å²) in [4.78, 5) is 11.8. The average molecular weight is 227 g/mol. The zero-order chi connectivity index (χ0) is 12.1. The van der Waals surface area contributed by atoms with E-state index in [2.05, 4.69) is 0 Å². The van der Waals surface area contributed by atoms with Gasteiger partial charge < -0.3 is 4.74 Å². The summed E-state index contributed by atoms with van der Waals surface area (Å²) in [5.74, 6) is 0.338. The number of hydrogen-bond acceptors (Lipinski definition) is 2. The Morgan fingerprint density at radius 1 is 1.12 bits per heavy atom. The van der Waals surface area contributed by atoms with Crippen LogP contribution < -0.4 is 10.3 Å². The Balaban J connectivity index is 2.31. The minimum absolute atomic E-state index is 0.165. The van der Waals surface area contributed by atoms with Gasteiger partial charge in [-0.2, -0.15) is 0 Å². The van der Waals surface area contributed by atoms with E-state index in [0.717, 1.165) is 5.56 Å². The highest BCUT2D eigenvalue weighted by molar-refractivity contribution is 5.60. The molecule has 0 unspecified atom stereocenters. The van der Waals surface area contributed by atoms with Crippen molar-refractivity contribution < 1.29 is 4.74 Å². The molecule has 3 nitrogen and oxygen atoms in total. The molecule has 0 aliphatic rings. The monoisotopic (exact) mass is 227 g/mol. The van der Waals surface area contributed by atoms with E-state index in [1.165, 1.54) is 11.7 Å².